The SMILES string of the molecule is C=C1C[C@H]2[C@H](O)Nc3cc(OCCCCCOc4cc5c(cc4OC)C(=O)N4CC(=C)C[C@H]4[C@H](O)N5C(=O)OC(C)(C)C)c(OC)cc3C(=O)N2C1. The van der Waals surface area contributed by atoms with Gasteiger partial charge in [-0.15, -0.1) is 0 Å². The largest absolute Gasteiger partial charge is 0.493 e. The Bertz CT molecular complexity index is 1770. The van der Waals surface area contributed by atoms with Crippen molar-refractivity contribution in [3.63, 3.8) is 0 Å². The van der Waals surface area contributed by atoms with Gasteiger partial charge in [0.1, 0.15) is 11.8 Å². The fraction of sp³-hybridized carbons (Fsp3) is 0.500. The smallest absolute Gasteiger partial charge is 0.417 e. The fourth-order valence-corrected chi connectivity index (χ4v) is 7.11. The third-order valence-electron chi connectivity index (χ3n) is 9.58. The minimum atomic E-state index is -1.38. The van der Waals surface area contributed by atoms with Gasteiger partial charge in [0.05, 0.1) is 62.0 Å². The number of unbranched alkanes of at least 4 members (excludes halogenated alkanes) is 2. The number of aliphatic hydroxyl groups excluding tert-OH is 2. The summed E-state index contributed by atoms with van der Waals surface area (Å²) in [5.74, 6) is 0.912. The van der Waals surface area contributed by atoms with Crippen LogP contribution in [0.2, 0.25) is 0 Å². The zero-order valence-corrected chi connectivity index (χ0v) is 30.4. The number of nitrogens with zero attached hydrogens (tertiary/aromatic N) is 3. The van der Waals surface area contributed by atoms with Gasteiger partial charge in [-0.2, -0.15) is 0 Å². The van der Waals surface area contributed by atoms with Crippen LogP contribution in [0.3, 0.4) is 0 Å². The van der Waals surface area contributed by atoms with Crippen LogP contribution in [0.25, 0.3) is 0 Å². The van der Waals surface area contributed by atoms with Crippen molar-refractivity contribution in [1.82, 2.24) is 9.80 Å². The maximum Gasteiger partial charge on any atom is 0.417 e. The van der Waals surface area contributed by atoms with Crippen molar-refractivity contribution < 1.29 is 48.3 Å². The van der Waals surface area contributed by atoms with Gasteiger partial charge < -0.3 is 49.0 Å². The van der Waals surface area contributed by atoms with E-state index in [0.29, 0.717) is 79.7 Å². The summed E-state index contributed by atoms with van der Waals surface area (Å²) in [6, 6.07) is 5.31. The highest BCUT2D eigenvalue weighted by molar-refractivity contribution is 6.06. The van der Waals surface area contributed by atoms with Gasteiger partial charge in [-0.25, -0.2) is 9.69 Å². The normalized spacial score (nSPS) is 22.5. The van der Waals surface area contributed by atoms with Crippen molar-refractivity contribution in [2.75, 3.05) is 50.7 Å². The van der Waals surface area contributed by atoms with E-state index in [1.165, 1.54) is 25.2 Å². The number of anilines is 2. The second-order valence-electron chi connectivity index (χ2n) is 14.6. The van der Waals surface area contributed by atoms with E-state index in [1.807, 2.05) is 0 Å². The molecule has 0 bridgehead atoms. The van der Waals surface area contributed by atoms with Crippen molar-refractivity contribution in [3.05, 3.63) is 59.7 Å². The van der Waals surface area contributed by atoms with Gasteiger partial charge in [0.25, 0.3) is 11.8 Å². The van der Waals surface area contributed by atoms with E-state index < -0.39 is 36.2 Å². The Kier molecular flexibility index (Phi) is 10.3. The van der Waals surface area contributed by atoms with Crippen molar-refractivity contribution in [2.45, 2.75) is 83.0 Å². The molecule has 4 aliphatic heterocycles. The fourth-order valence-electron chi connectivity index (χ4n) is 7.11. The highest BCUT2D eigenvalue weighted by atomic mass is 16.6. The Labute approximate surface area is 303 Å². The lowest BCUT2D eigenvalue weighted by Crippen LogP contribution is -2.51. The first-order valence-corrected chi connectivity index (χ1v) is 17.5. The van der Waals surface area contributed by atoms with Crippen LogP contribution in [-0.2, 0) is 4.74 Å². The summed E-state index contributed by atoms with van der Waals surface area (Å²) in [7, 11) is 2.98. The summed E-state index contributed by atoms with van der Waals surface area (Å²) in [5.41, 5.74) is 2.04. The molecule has 0 spiro atoms. The molecular weight excluding hydrogens is 672 g/mol. The Hall–Kier alpha value is -4.95. The van der Waals surface area contributed by atoms with E-state index in [1.54, 1.807) is 43.9 Å². The van der Waals surface area contributed by atoms with Crippen LogP contribution >= 0.6 is 0 Å². The zero-order valence-electron chi connectivity index (χ0n) is 30.4. The van der Waals surface area contributed by atoms with Gasteiger partial charge in [0, 0.05) is 25.2 Å². The molecule has 0 aliphatic carbocycles. The third-order valence-corrected chi connectivity index (χ3v) is 9.58. The van der Waals surface area contributed by atoms with Crippen LogP contribution in [0, 0.1) is 0 Å². The lowest BCUT2D eigenvalue weighted by Gasteiger charge is -2.33. The first-order valence-electron chi connectivity index (χ1n) is 17.5. The Morgan fingerprint density at radius 3 is 1.94 bits per heavy atom. The molecule has 0 radical (unpaired) electrons. The van der Waals surface area contributed by atoms with Crippen LogP contribution in [0.15, 0.2) is 48.6 Å². The second kappa shape index (κ2) is 14.6. The number of fused-ring (bicyclic) bond motifs is 4. The van der Waals surface area contributed by atoms with Gasteiger partial charge in [-0.3, -0.25) is 9.59 Å². The Balaban J connectivity index is 1.10. The first-order chi connectivity index (χ1) is 24.7. The van der Waals surface area contributed by atoms with E-state index >= 15 is 0 Å². The Morgan fingerprint density at radius 1 is 0.808 bits per heavy atom. The maximum absolute atomic E-state index is 13.8. The molecule has 0 unspecified atom stereocenters. The number of ether oxygens (including phenoxy) is 5. The van der Waals surface area contributed by atoms with Gasteiger partial charge in [0.2, 0.25) is 0 Å². The number of amides is 3. The van der Waals surface area contributed by atoms with E-state index in [9.17, 15) is 24.6 Å². The Morgan fingerprint density at radius 2 is 1.35 bits per heavy atom. The van der Waals surface area contributed by atoms with Crippen LogP contribution in [-0.4, -0.2) is 109 Å². The summed E-state index contributed by atoms with van der Waals surface area (Å²) in [6.45, 7) is 14.5. The number of nitrogens with one attached hydrogen (secondary N) is 1. The average Bonchev–Trinajstić information content (AvgIpc) is 3.64. The van der Waals surface area contributed by atoms with Crippen molar-refractivity contribution >= 4 is 29.3 Å². The number of methoxy groups -OCH3 is 2. The van der Waals surface area contributed by atoms with Crippen LogP contribution in [0.1, 0.15) is 73.6 Å². The number of aliphatic hydroxyl groups is 2. The molecule has 2 fully saturated rings. The van der Waals surface area contributed by atoms with E-state index in [-0.39, 0.29) is 29.6 Å². The third kappa shape index (κ3) is 7.22. The summed E-state index contributed by atoms with van der Waals surface area (Å²) in [4.78, 5) is 44.9. The van der Waals surface area contributed by atoms with E-state index in [0.717, 1.165) is 22.5 Å². The standard InChI is InChI=1S/C38H48N4O10/c1-21-13-27-33(43)39-25-17-31(29(48-6)15-23(25)34(44)40(27)19-21)50-11-9-8-10-12-51-32-18-26-24(16-30(32)49-7)35(45)41-20-22(2)14-28(41)36(46)42(26)37(47)52-38(3,4)5/h15-18,27-28,33,36,39,43,46H,1-2,8-14,19-20H2,3-7H3/t27-,28-,33-,36-/m0/s1. The lowest BCUT2D eigenvalue weighted by molar-refractivity contribution is 0.0310. The average molecular weight is 721 g/mol. The van der Waals surface area contributed by atoms with Gasteiger partial charge in [-0.1, -0.05) is 24.3 Å². The highest BCUT2D eigenvalue weighted by Crippen LogP contribution is 2.43. The summed E-state index contributed by atoms with van der Waals surface area (Å²) >= 11 is 0. The molecule has 280 valence electrons. The number of benzene rings is 2. The number of hydrogen-bond acceptors (Lipinski definition) is 11. The molecule has 2 aromatic rings. The molecule has 2 aromatic carbocycles. The molecule has 3 amide bonds. The summed E-state index contributed by atoms with van der Waals surface area (Å²) < 4.78 is 29.0. The van der Waals surface area contributed by atoms with Gasteiger partial charge in [-0.05, 0) is 65.0 Å². The summed E-state index contributed by atoms with van der Waals surface area (Å²) in [6.07, 6.45) is -0.192. The highest BCUT2D eigenvalue weighted by Gasteiger charge is 2.47. The topological polar surface area (TPSA) is 160 Å². The van der Waals surface area contributed by atoms with E-state index in [2.05, 4.69) is 18.5 Å². The molecular formula is C38H48N4O10. The molecule has 2 saturated heterocycles. The van der Waals surface area contributed by atoms with E-state index in [4.69, 9.17) is 23.7 Å². The quantitative estimate of drug-likeness (QED) is 0.231. The molecule has 0 aromatic heterocycles. The van der Waals surface area contributed by atoms with Crippen molar-refractivity contribution in [2.24, 2.45) is 0 Å². The van der Waals surface area contributed by atoms with Gasteiger partial charge >= 0.3 is 6.09 Å². The minimum Gasteiger partial charge on any atom is -0.493 e. The molecule has 4 heterocycles. The van der Waals surface area contributed by atoms with Crippen molar-refractivity contribution in [1.29, 1.82) is 0 Å². The number of rotatable bonds is 10. The number of carbonyl (C=O) groups is 3. The van der Waals surface area contributed by atoms with Crippen LogP contribution in [0.5, 0.6) is 23.0 Å². The molecule has 0 saturated carbocycles. The molecule has 6 rings (SSSR count). The van der Waals surface area contributed by atoms with Gasteiger partial charge in [0.15, 0.2) is 29.2 Å². The maximum atomic E-state index is 13.8. The molecule has 14 heteroatoms. The molecule has 52 heavy (non-hydrogen) atoms. The molecule has 4 atom stereocenters. The molecule has 4 aliphatic rings. The predicted molar refractivity (Wildman–Crippen MR) is 192 cm³/mol. The summed E-state index contributed by atoms with van der Waals surface area (Å²) in [5, 5.41) is 25.4. The van der Waals surface area contributed by atoms with Crippen LogP contribution < -0.4 is 29.2 Å². The van der Waals surface area contributed by atoms with Crippen LogP contribution in [0.4, 0.5) is 16.2 Å². The zero-order chi connectivity index (χ0) is 37.5. The number of carbonyl (C=O) groups excluding carboxylic acids is 3. The first kappa shape index (κ1) is 36.8. The van der Waals surface area contributed by atoms with Crippen molar-refractivity contribution in [3.8, 4) is 23.0 Å². The minimum absolute atomic E-state index is 0.167. The predicted octanol–water partition coefficient (Wildman–Crippen LogP) is 4.69. The molecule has 14 nitrogen and oxygen atoms in total. The monoisotopic (exact) mass is 720 g/mol. The molecule has 3 N–H and O–H groups in total. The number of hydrogen-bond donors (Lipinski definition) is 3. The lowest BCUT2D eigenvalue weighted by atomic mass is 10.1. The second-order valence-corrected chi connectivity index (χ2v) is 14.6.